The van der Waals surface area contributed by atoms with Gasteiger partial charge in [0, 0.05) is 24.3 Å². The molecule has 22 heavy (non-hydrogen) atoms. The molecule has 2 saturated carbocycles. The van der Waals surface area contributed by atoms with Gasteiger partial charge in [-0.05, 0) is 50.9 Å². The molecule has 0 spiro atoms. The van der Waals surface area contributed by atoms with Crippen LogP contribution < -0.4 is 0 Å². The quantitative estimate of drug-likeness (QED) is 0.530. The van der Waals surface area contributed by atoms with Gasteiger partial charge >= 0.3 is 8.56 Å². The second-order valence-electron chi connectivity index (χ2n) is 7.94. The van der Waals surface area contributed by atoms with Gasteiger partial charge < -0.3 is 8.85 Å². The normalized spacial score (nSPS) is 36.0. The fraction of sp³-hybridized carbons (Fsp3) is 1.00. The van der Waals surface area contributed by atoms with E-state index in [0.717, 1.165) is 42.6 Å². The van der Waals surface area contributed by atoms with Crippen molar-refractivity contribution in [3.8, 4) is 0 Å². The third kappa shape index (κ3) is 4.36. The van der Waals surface area contributed by atoms with E-state index in [-0.39, 0.29) is 0 Å². The first-order valence-corrected chi connectivity index (χ1v) is 11.9. The molecule has 2 rings (SSSR count). The van der Waals surface area contributed by atoms with Gasteiger partial charge in [-0.1, -0.05) is 46.5 Å². The van der Waals surface area contributed by atoms with Crippen molar-refractivity contribution in [3.63, 3.8) is 0 Å². The van der Waals surface area contributed by atoms with Crippen LogP contribution in [0.25, 0.3) is 0 Å². The molecule has 3 heteroatoms. The van der Waals surface area contributed by atoms with Crippen LogP contribution in [0.1, 0.15) is 85.5 Å². The molecule has 0 bridgehead atoms. The molecule has 2 fully saturated rings. The van der Waals surface area contributed by atoms with Crippen LogP contribution in [-0.2, 0) is 8.85 Å². The van der Waals surface area contributed by atoms with E-state index in [1.165, 1.54) is 51.4 Å². The first kappa shape index (κ1) is 18.5. The zero-order valence-corrected chi connectivity index (χ0v) is 16.4. The standard InChI is InChI=1S/C19H38O2Si/c1-5-13-21-22(20-6-2,18-11-7-9-16(3)14-18)19-12-8-10-17(4)15-19/h16-19H,5-15H2,1-4H3. The van der Waals surface area contributed by atoms with Crippen LogP contribution in [0, 0.1) is 11.8 Å². The average Bonchev–Trinajstić information content (AvgIpc) is 2.51. The summed E-state index contributed by atoms with van der Waals surface area (Å²) in [6.07, 6.45) is 12.1. The lowest BCUT2D eigenvalue weighted by Crippen LogP contribution is -2.53. The van der Waals surface area contributed by atoms with Crippen molar-refractivity contribution in [1.82, 2.24) is 0 Å². The molecule has 0 aromatic rings. The Bertz CT molecular complexity index is 299. The van der Waals surface area contributed by atoms with Crippen molar-refractivity contribution >= 4 is 8.56 Å². The van der Waals surface area contributed by atoms with Gasteiger partial charge in [-0.3, -0.25) is 0 Å². The predicted molar refractivity (Wildman–Crippen MR) is 96.4 cm³/mol. The van der Waals surface area contributed by atoms with Gasteiger partial charge in [-0.2, -0.15) is 0 Å². The fourth-order valence-electron chi connectivity index (χ4n) is 4.93. The van der Waals surface area contributed by atoms with E-state index in [4.69, 9.17) is 8.85 Å². The van der Waals surface area contributed by atoms with Crippen molar-refractivity contribution in [2.24, 2.45) is 11.8 Å². The van der Waals surface area contributed by atoms with Crippen molar-refractivity contribution in [3.05, 3.63) is 0 Å². The summed E-state index contributed by atoms with van der Waals surface area (Å²) in [5.74, 6) is 1.72. The Kier molecular flexibility index (Phi) is 7.42. The predicted octanol–water partition coefficient (Wildman–Crippen LogP) is 6.05. The summed E-state index contributed by atoms with van der Waals surface area (Å²) >= 11 is 0. The van der Waals surface area contributed by atoms with E-state index in [2.05, 4.69) is 27.7 Å². The topological polar surface area (TPSA) is 18.5 Å². The molecular formula is C19H38O2Si. The molecule has 0 saturated heterocycles. The summed E-state index contributed by atoms with van der Waals surface area (Å²) in [6, 6.07) is 0. The SMILES string of the molecule is CCCO[Si](OCC)(C1CCCC(C)C1)C1CCCC(C)C1. The van der Waals surface area contributed by atoms with Gasteiger partial charge in [0.15, 0.2) is 0 Å². The molecule has 0 amide bonds. The largest absolute Gasteiger partial charge is 0.394 e. The monoisotopic (exact) mass is 326 g/mol. The summed E-state index contributed by atoms with van der Waals surface area (Å²) in [6.45, 7) is 11.0. The molecule has 130 valence electrons. The molecular weight excluding hydrogens is 288 g/mol. The summed E-state index contributed by atoms with van der Waals surface area (Å²) in [7, 11) is -2.10. The minimum absolute atomic E-state index is 0.734. The lowest BCUT2D eigenvalue weighted by Gasteiger charge is -2.47. The van der Waals surface area contributed by atoms with Crippen molar-refractivity contribution < 1.29 is 8.85 Å². The van der Waals surface area contributed by atoms with Crippen LogP contribution in [0.3, 0.4) is 0 Å². The molecule has 4 atom stereocenters. The molecule has 2 aliphatic rings. The molecule has 0 radical (unpaired) electrons. The van der Waals surface area contributed by atoms with Gasteiger partial charge in [0.05, 0.1) is 0 Å². The highest BCUT2D eigenvalue weighted by Gasteiger charge is 2.53. The van der Waals surface area contributed by atoms with Gasteiger partial charge in [0.1, 0.15) is 0 Å². The molecule has 4 unspecified atom stereocenters. The maximum absolute atomic E-state index is 6.71. The zero-order chi connectivity index (χ0) is 16.0. The summed E-state index contributed by atoms with van der Waals surface area (Å²) in [5, 5.41) is 0. The first-order valence-electron chi connectivity index (χ1n) is 9.90. The molecule has 0 N–H and O–H groups in total. The minimum atomic E-state index is -2.10. The second kappa shape index (κ2) is 8.84. The highest BCUT2D eigenvalue weighted by atomic mass is 28.4. The lowest BCUT2D eigenvalue weighted by molar-refractivity contribution is 0.131. The lowest BCUT2D eigenvalue weighted by atomic mass is 9.90. The Labute approximate surface area is 139 Å². The smallest absolute Gasteiger partial charge is 0.344 e. The van der Waals surface area contributed by atoms with Crippen LogP contribution in [0.4, 0.5) is 0 Å². The van der Waals surface area contributed by atoms with Crippen molar-refractivity contribution in [2.45, 2.75) is 96.6 Å². The summed E-state index contributed by atoms with van der Waals surface area (Å²) in [4.78, 5) is 0. The van der Waals surface area contributed by atoms with E-state index in [9.17, 15) is 0 Å². The number of hydrogen-bond donors (Lipinski definition) is 0. The van der Waals surface area contributed by atoms with Crippen LogP contribution in [0.5, 0.6) is 0 Å². The van der Waals surface area contributed by atoms with Gasteiger partial charge in [-0.25, -0.2) is 0 Å². The number of hydrogen-bond acceptors (Lipinski definition) is 2. The van der Waals surface area contributed by atoms with E-state index in [1.807, 2.05) is 0 Å². The van der Waals surface area contributed by atoms with Gasteiger partial charge in [0.2, 0.25) is 0 Å². The van der Waals surface area contributed by atoms with Gasteiger partial charge in [-0.15, -0.1) is 0 Å². The van der Waals surface area contributed by atoms with Gasteiger partial charge in [0.25, 0.3) is 0 Å². The van der Waals surface area contributed by atoms with Crippen molar-refractivity contribution in [2.75, 3.05) is 13.2 Å². The van der Waals surface area contributed by atoms with Crippen LogP contribution in [0.2, 0.25) is 11.1 Å². The third-order valence-corrected chi connectivity index (χ3v) is 10.6. The highest BCUT2D eigenvalue weighted by molar-refractivity contribution is 6.70. The Hall–Kier alpha value is 0.137. The number of rotatable bonds is 7. The molecule has 2 nitrogen and oxygen atoms in total. The van der Waals surface area contributed by atoms with E-state index >= 15 is 0 Å². The Morgan fingerprint density at radius 3 is 1.77 bits per heavy atom. The summed E-state index contributed by atoms with van der Waals surface area (Å²) < 4.78 is 13.3. The van der Waals surface area contributed by atoms with E-state index in [1.54, 1.807) is 0 Å². The molecule has 0 aliphatic heterocycles. The fourth-order valence-corrected chi connectivity index (χ4v) is 10.3. The Morgan fingerprint density at radius 1 is 0.818 bits per heavy atom. The Balaban J connectivity index is 2.22. The van der Waals surface area contributed by atoms with Crippen LogP contribution >= 0.6 is 0 Å². The highest BCUT2D eigenvalue weighted by Crippen LogP contribution is 2.51. The molecule has 2 aliphatic carbocycles. The molecule has 0 aromatic carbocycles. The molecule has 0 heterocycles. The van der Waals surface area contributed by atoms with Crippen molar-refractivity contribution in [1.29, 1.82) is 0 Å². The maximum atomic E-state index is 6.71. The maximum Gasteiger partial charge on any atom is 0.344 e. The minimum Gasteiger partial charge on any atom is -0.394 e. The van der Waals surface area contributed by atoms with E-state index in [0.29, 0.717) is 0 Å². The van der Waals surface area contributed by atoms with E-state index < -0.39 is 8.56 Å². The Morgan fingerprint density at radius 2 is 1.36 bits per heavy atom. The molecule has 0 aromatic heterocycles. The average molecular weight is 327 g/mol. The summed E-state index contributed by atoms with van der Waals surface area (Å²) in [5.41, 5.74) is 1.47. The third-order valence-electron chi connectivity index (χ3n) is 5.91. The van der Waals surface area contributed by atoms with Crippen LogP contribution in [-0.4, -0.2) is 21.8 Å². The first-order chi connectivity index (χ1) is 10.6. The zero-order valence-electron chi connectivity index (χ0n) is 15.4. The van der Waals surface area contributed by atoms with Crippen LogP contribution in [0.15, 0.2) is 0 Å². The second-order valence-corrected chi connectivity index (χ2v) is 11.6.